The number of aliphatic hydroxyl groups is 1. The maximum absolute atomic E-state index is 10.5. The third kappa shape index (κ3) is 1.52. The molecule has 0 aromatic rings. The van der Waals surface area contributed by atoms with E-state index in [0.29, 0.717) is 5.92 Å². The van der Waals surface area contributed by atoms with E-state index in [1.165, 1.54) is 38.5 Å². The molecule has 0 heterocycles. The molecule has 3 rings (SSSR count). The van der Waals surface area contributed by atoms with Crippen molar-refractivity contribution in [3.63, 3.8) is 0 Å². The highest BCUT2D eigenvalue weighted by molar-refractivity contribution is 5.00. The molecule has 3 aliphatic carbocycles. The van der Waals surface area contributed by atoms with Crippen molar-refractivity contribution >= 4 is 0 Å². The van der Waals surface area contributed by atoms with Gasteiger partial charge in [-0.25, -0.2) is 0 Å². The van der Waals surface area contributed by atoms with Crippen LogP contribution in [0.25, 0.3) is 0 Å². The normalized spacial score (nSPS) is 46.4. The Kier molecular flexibility index (Phi) is 1.74. The molecule has 0 spiro atoms. The summed E-state index contributed by atoms with van der Waals surface area (Å²) < 4.78 is 0. The number of hydrogen-bond acceptors (Lipinski definition) is 1. The largest absolute Gasteiger partial charge is 0.390 e. The Labute approximate surface area is 80.5 Å². The molecule has 74 valence electrons. The molecule has 0 aromatic heterocycles. The van der Waals surface area contributed by atoms with Crippen LogP contribution in [0.3, 0.4) is 0 Å². The molecule has 0 saturated heterocycles. The van der Waals surface area contributed by atoms with Gasteiger partial charge in [0.05, 0.1) is 5.60 Å². The summed E-state index contributed by atoms with van der Waals surface area (Å²) in [6.45, 7) is 0. The van der Waals surface area contributed by atoms with Crippen LogP contribution in [0.1, 0.15) is 51.4 Å². The van der Waals surface area contributed by atoms with E-state index in [4.69, 9.17) is 0 Å². The van der Waals surface area contributed by atoms with Gasteiger partial charge < -0.3 is 5.11 Å². The van der Waals surface area contributed by atoms with Gasteiger partial charge >= 0.3 is 0 Å². The van der Waals surface area contributed by atoms with Crippen molar-refractivity contribution in [3.05, 3.63) is 0 Å². The van der Waals surface area contributed by atoms with Crippen LogP contribution < -0.4 is 0 Å². The summed E-state index contributed by atoms with van der Waals surface area (Å²) in [4.78, 5) is 0. The van der Waals surface area contributed by atoms with Gasteiger partial charge in [0.2, 0.25) is 0 Å². The van der Waals surface area contributed by atoms with E-state index in [0.717, 1.165) is 24.7 Å². The Morgan fingerprint density at radius 3 is 2.31 bits per heavy atom. The average Bonchev–Trinajstić information content (AvgIpc) is 2.98. The predicted octanol–water partition coefficient (Wildman–Crippen LogP) is 2.73. The second-order valence-electron chi connectivity index (χ2n) is 5.57. The first-order chi connectivity index (χ1) is 6.28. The molecule has 3 aliphatic rings. The fraction of sp³-hybridized carbons (Fsp3) is 1.00. The molecule has 3 saturated carbocycles. The van der Waals surface area contributed by atoms with Crippen molar-refractivity contribution in [2.75, 3.05) is 0 Å². The van der Waals surface area contributed by atoms with Crippen LogP contribution in [0.5, 0.6) is 0 Å². The highest BCUT2D eigenvalue weighted by Gasteiger charge is 2.48. The van der Waals surface area contributed by atoms with Crippen LogP contribution in [0.4, 0.5) is 0 Å². The van der Waals surface area contributed by atoms with Crippen LogP contribution in [-0.2, 0) is 0 Å². The third-order valence-electron chi connectivity index (χ3n) is 4.43. The lowest BCUT2D eigenvalue weighted by Crippen LogP contribution is -2.37. The summed E-state index contributed by atoms with van der Waals surface area (Å²) in [5.74, 6) is 2.58. The zero-order chi connectivity index (χ0) is 8.89. The van der Waals surface area contributed by atoms with Gasteiger partial charge in [-0.05, 0) is 62.7 Å². The standard InChI is InChI=1S/C12H20O/c13-12(11-5-6-11)7-1-2-10(8-12)9-3-4-9/h9-11,13H,1-8H2. The average molecular weight is 180 g/mol. The molecule has 2 atom stereocenters. The molecular formula is C12H20O. The minimum absolute atomic E-state index is 0.217. The molecule has 3 fully saturated rings. The predicted molar refractivity (Wildman–Crippen MR) is 52.4 cm³/mol. The Hall–Kier alpha value is -0.0400. The summed E-state index contributed by atoms with van der Waals surface area (Å²) in [7, 11) is 0. The maximum Gasteiger partial charge on any atom is 0.0678 e. The fourth-order valence-corrected chi connectivity index (χ4v) is 3.29. The zero-order valence-corrected chi connectivity index (χ0v) is 8.34. The van der Waals surface area contributed by atoms with E-state index in [1.54, 1.807) is 0 Å². The van der Waals surface area contributed by atoms with E-state index in [1.807, 2.05) is 0 Å². The SMILES string of the molecule is OC1(C2CC2)CCCC(C2CC2)C1. The first-order valence-corrected chi connectivity index (χ1v) is 6.00. The Morgan fingerprint density at radius 2 is 1.69 bits per heavy atom. The lowest BCUT2D eigenvalue weighted by atomic mass is 9.73. The smallest absolute Gasteiger partial charge is 0.0678 e. The van der Waals surface area contributed by atoms with Crippen molar-refractivity contribution in [2.45, 2.75) is 57.0 Å². The summed E-state index contributed by atoms with van der Waals surface area (Å²) in [6.07, 6.45) is 10.4. The van der Waals surface area contributed by atoms with Crippen molar-refractivity contribution in [3.8, 4) is 0 Å². The molecule has 1 N–H and O–H groups in total. The van der Waals surface area contributed by atoms with Crippen molar-refractivity contribution in [2.24, 2.45) is 17.8 Å². The van der Waals surface area contributed by atoms with Crippen molar-refractivity contribution in [1.82, 2.24) is 0 Å². The van der Waals surface area contributed by atoms with Gasteiger partial charge in [0.25, 0.3) is 0 Å². The topological polar surface area (TPSA) is 20.2 Å². The first kappa shape index (κ1) is 8.28. The summed E-state index contributed by atoms with van der Waals surface area (Å²) >= 11 is 0. The molecule has 0 aromatic carbocycles. The van der Waals surface area contributed by atoms with Gasteiger partial charge in [0.1, 0.15) is 0 Å². The van der Waals surface area contributed by atoms with Crippen LogP contribution in [0.2, 0.25) is 0 Å². The molecular weight excluding hydrogens is 160 g/mol. The van der Waals surface area contributed by atoms with Gasteiger partial charge in [0.15, 0.2) is 0 Å². The van der Waals surface area contributed by atoms with Crippen molar-refractivity contribution in [1.29, 1.82) is 0 Å². The van der Waals surface area contributed by atoms with E-state index in [2.05, 4.69) is 0 Å². The Bertz CT molecular complexity index is 205. The summed E-state index contributed by atoms with van der Waals surface area (Å²) in [6, 6.07) is 0. The molecule has 13 heavy (non-hydrogen) atoms. The summed E-state index contributed by atoms with van der Waals surface area (Å²) in [5.41, 5.74) is -0.217. The van der Waals surface area contributed by atoms with Crippen LogP contribution in [0.15, 0.2) is 0 Å². The first-order valence-electron chi connectivity index (χ1n) is 6.00. The molecule has 0 radical (unpaired) electrons. The minimum Gasteiger partial charge on any atom is -0.390 e. The Morgan fingerprint density at radius 1 is 0.923 bits per heavy atom. The minimum atomic E-state index is -0.217. The van der Waals surface area contributed by atoms with Crippen LogP contribution >= 0.6 is 0 Å². The van der Waals surface area contributed by atoms with Gasteiger partial charge in [-0.15, -0.1) is 0 Å². The second kappa shape index (κ2) is 2.73. The second-order valence-corrected chi connectivity index (χ2v) is 5.57. The zero-order valence-electron chi connectivity index (χ0n) is 8.34. The molecule has 0 bridgehead atoms. The number of hydrogen-bond donors (Lipinski definition) is 1. The van der Waals surface area contributed by atoms with E-state index in [9.17, 15) is 5.11 Å². The quantitative estimate of drug-likeness (QED) is 0.692. The monoisotopic (exact) mass is 180 g/mol. The van der Waals surface area contributed by atoms with Gasteiger partial charge in [-0.1, -0.05) is 6.42 Å². The molecule has 1 heteroatoms. The van der Waals surface area contributed by atoms with Gasteiger partial charge in [-0.2, -0.15) is 0 Å². The fourth-order valence-electron chi connectivity index (χ4n) is 3.29. The third-order valence-corrected chi connectivity index (χ3v) is 4.43. The molecule has 0 aliphatic heterocycles. The lowest BCUT2D eigenvalue weighted by molar-refractivity contribution is -0.0389. The number of rotatable bonds is 2. The lowest BCUT2D eigenvalue weighted by Gasteiger charge is -2.37. The highest BCUT2D eigenvalue weighted by atomic mass is 16.3. The molecule has 0 amide bonds. The van der Waals surface area contributed by atoms with E-state index < -0.39 is 0 Å². The molecule has 2 unspecified atom stereocenters. The van der Waals surface area contributed by atoms with Crippen LogP contribution in [-0.4, -0.2) is 10.7 Å². The summed E-state index contributed by atoms with van der Waals surface area (Å²) in [5, 5.41) is 10.5. The van der Waals surface area contributed by atoms with Crippen LogP contribution in [0, 0.1) is 17.8 Å². The van der Waals surface area contributed by atoms with Crippen molar-refractivity contribution < 1.29 is 5.11 Å². The van der Waals surface area contributed by atoms with E-state index >= 15 is 0 Å². The highest BCUT2D eigenvalue weighted by Crippen LogP contribution is 2.53. The Balaban J connectivity index is 1.67. The maximum atomic E-state index is 10.5. The van der Waals surface area contributed by atoms with Gasteiger partial charge in [-0.3, -0.25) is 0 Å². The molecule has 1 nitrogen and oxygen atoms in total. The van der Waals surface area contributed by atoms with E-state index in [-0.39, 0.29) is 5.60 Å². The van der Waals surface area contributed by atoms with Gasteiger partial charge in [0, 0.05) is 0 Å².